The average Bonchev–Trinajstić information content (AvgIpc) is 2.76. The molecule has 7 nitrogen and oxygen atoms in total. The zero-order valence-corrected chi connectivity index (χ0v) is 15.5. The van der Waals surface area contributed by atoms with Crippen molar-refractivity contribution in [3.8, 4) is 5.75 Å². The molecule has 0 radical (unpaired) electrons. The summed E-state index contributed by atoms with van der Waals surface area (Å²) in [4.78, 5) is 14.9. The van der Waals surface area contributed by atoms with Crippen LogP contribution in [0.1, 0.15) is 19.3 Å². The van der Waals surface area contributed by atoms with E-state index < -0.39 is 16.1 Å². The third-order valence-electron chi connectivity index (χ3n) is 4.76. The van der Waals surface area contributed by atoms with Gasteiger partial charge in [-0.2, -0.15) is 0 Å². The van der Waals surface area contributed by atoms with Crippen LogP contribution in [0.4, 0.5) is 5.69 Å². The van der Waals surface area contributed by atoms with Crippen LogP contribution in [-0.2, 0) is 14.8 Å². The van der Waals surface area contributed by atoms with E-state index >= 15 is 0 Å². The number of carbonyl (C=O) groups is 1. The van der Waals surface area contributed by atoms with Gasteiger partial charge in [0.05, 0.1) is 11.9 Å². The summed E-state index contributed by atoms with van der Waals surface area (Å²) in [5, 5.41) is 3.06. The topological polar surface area (TPSA) is 79.0 Å². The van der Waals surface area contributed by atoms with Crippen molar-refractivity contribution >= 4 is 21.6 Å². The van der Waals surface area contributed by atoms with Gasteiger partial charge in [0.1, 0.15) is 5.75 Å². The van der Waals surface area contributed by atoms with Crippen LogP contribution in [0.15, 0.2) is 24.3 Å². The molecule has 0 spiro atoms. The maximum Gasteiger partial charge on any atom is 0.261 e. The van der Waals surface area contributed by atoms with Crippen molar-refractivity contribution in [2.75, 3.05) is 37.2 Å². The number of nitrogens with one attached hydrogen (secondary N) is 1. The SMILES string of the molecule is CN1CCC(NC(=O)[C@@H]2CCN(S(C)(=O)=O)c3ccccc3O2)CC1. The highest BCUT2D eigenvalue weighted by atomic mass is 32.2. The number of piperidine rings is 1. The first-order valence-corrected chi connectivity index (χ1v) is 10.4. The minimum Gasteiger partial charge on any atom is -0.478 e. The Balaban J connectivity index is 1.74. The van der Waals surface area contributed by atoms with Crippen LogP contribution < -0.4 is 14.4 Å². The average molecular weight is 367 g/mol. The molecule has 2 aliphatic rings. The van der Waals surface area contributed by atoms with E-state index in [1.54, 1.807) is 24.3 Å². The van der Waals surface area contributed by atoms with Gasteiger partial charge in [0, 0.05) is 19.0 Å². The second-order valence-electron chi connectivity index (χ2n) is 6.78. The highest BCUT2D eigenvalue weighted by Crippen LogP contribution is 2.33. The number of rotatable bonds is 3. The number of fused-ring (bicyclic) bond motifs is 1. The molecule has 8 heteroatoms. The molecule has 0 bridgehead atoms. The Bertz CT molecular complexity index is 729. The van der Waals surface area contributed by atoms with Crippen molar-refractivity contribution in [3.05, 3.63) is 24.3 Å². The van der Waals surface area contributed by atoms with Crippen LogP contribution >= 0.6 is 0 Å². The highest BCUT2D eigenvalue weighted by molar-refractivity contribution is 7.92. The lowest BCUT2D eigenvalue weighted by Gasteiger charge is -2.30. The molecule has 1 aromatic rings. The van der Waals surface area contributed by atoms with E-state index in [2.05, 4.69) is 17.3 Å². The monoisotopic (exact) mass is 367 g/mol. The van der Waals surface area contributed by atoms with Crippen molar-refractivity contribution in [1.29, 1.82) is 0 Å². The van der Waals surface area contributed by atoms with E-state index in [-0.39, 0.29) is 18.5 Å². The lowest BCUT2D eigenvalue weighted by Crippen LogP contribution is -2.48. The van der Waals surface area contributed by atoms with Crippen molar-refractivity contribution in [2.24, 2.45) is 0 Å². The molecule has 25 heavy (non-hydrogen) atoms. The summed E-state index contributed by atoms with van der Waals surface area (Å²) in [6, 6.07) is 7.09. The Morgan fingerprint density at radius 1 is 1.16 bits per heavy atom. The minimum atomic E-state index is -3.43. The molecule has 3 rings (SSSR count). The molecule has 0 aliphatic carbocycles. The molecule has 1 aromatic carbocycles. The maximum atomic E-state index is 12.6. The quantitative estimate of drug-likeness (QED) is 0.855. The molecule has 1 amide bonds. The van der Waals surface area contributed by atoms with Crippen LogP contribution in [0.5, 0.6) is 5.75 Å². The molecule has 1 fully saturated rings. The van der Waals surface area contributed by atoms with Gasteiger partial charge in [0.15, 0.2) is 6.10 Å². The number of amides is 1. The van der Waals surface area contributed by atoms with Gasteiger partial charge in [0.2, 0.25) is 10.0 Å². The zero-order chi connectivity index (χ0) is 18.0. The summed E-state index contributed by atoms with van der Waals surface area (Å²) >= 11 is 0. The number of benzene rings is 1. The largest absolute Gasteiger partial charge is 0.478 e. The Kier molecular flexibility index (Phi) is 5.19. The lowest BCUT2D eigenvalue weighted by molar-refractivity contribution is -0.129. The normalized spacial score (nSPS) is 22.6. The molecule has 1 atom stereocenters. The predicted octanol–water partition coefficient (Wildman–Crippen LogP) is 0.814. The van der Waals surface area contributed by atoms with Gasteiger partial charge in [-0.1, -0.05) is 12.1 Å². The van der Waals surface area contributed by atoms with Gasteiger partial charge in [-0.3, -0.25) is 9.10 Å². The van der Waals surface area contributed by atoms with Gasteiger partial charge < -0.3 is 15.0 Å². The fourth-order valence-electron chi connectivity index (χ4n) is 3.31. The van der Waals surface area contributed by atoms with E-state index in [1.807, 2.05) is 0 Å². The molecule has 0 unspecified atom stereocenters. The van der Waals surface area contributed by atoms with Gasteiger partial charge in [-0.05, 0) is 45.1 Å². The number of para-hydroxylation sites is 2. The van der Waals surface area contributed by atoms with E-state index in [0.717, 1.165) is 25.9 Å². The highest BCUT2D eigenvalue weighted by Gasteiger charge is 2.32. The molecule has 1 saturated heterocycles. The second-order valence-corrected chi connectivity index (χ2v) is 8.69. The minimum absolute atomic E-state index is 0.150. The Hall–Kier alpha value is -1.80. The smallest absolute Gasteiger partial charge is 0.261 e. The molecule has 2 heterocycles. The van der Waals surface area contributed by atoms with Gasteiger partial charge >= 0.3 is 0 Å². The Labute approximate surface area is 149 Å². The third kappa shape index (κ3) is 4.24. The Morgan fingerprint density at radius 3 is 2.52 bits per heavy atom. The van der Waals surface area contributed by atoms with Crippen LogP contribution in [0.3, 0.4) is 0 Å². The van der Waals surface area contributed by atoms with Crippen molar-refractivity contribution < 1.29 is 17.9 Å². The first-order valence-electron chi connectivity index (χ1n) is 8.57. The molecule has 0 aromatic heterocycles. The zero-order valence-electron chi connectivity index (χ0n) is 14.6. The number of likely N-dealkylation sites (tertiary alicyclic amines) is 1. The Morgan fingerprint density at radius 2 is 1.84 bits per heavy atom. The summed E-state index contributed by atoms with van der Waals surface area (Å²) < 4.78 is 31.4. The van der Waals surface area contributed by atoms with Crippen molar-refractivity contribution in [3.63, 3.8) is 0 Å². The summed E-state index contributed by atoms with van der Waals surface area (Å²) in [6.45, 7) is 2.14. The number of ether oxygens (including phenoxy) is 1. The van der Waals surface area contributed by atoms with Gasteiger partial charge in [0.25, 0.3) is 5.91 Å². The maximum absolute atomic E-state index is 12.6. The van der Waals surface area contributed by atoms with Gasteiger partial charge in [-0.15, -0.1) is 0 Å². The number of hydrogen-bond donors (Lipinski definition) is 1. The van der Waals surface area contributed by atoms with E-state index in [4.69, 9.17) is 4.74 Å². The van der Waals surface area contributed by atoms with Crippen LogP contribution in [0.25, 0.3) is 0 Å². The first kappa shape index (κ1) is 18.0. The number of hydrogen-bond acceptors (Lipinski definition) is 5. The molecule has 1 N–H and O–H groups in total. The standard InChI is InChI=1S/C17H25N3O4S/c1-19-10-7-13(8-11-19)18-17(21)16-9-12-20(25(2,22)23)14-5-3-4-6-15(14)24-16/h3-6,13,16H,7-12H2,1-2H3,(H,18,21)/t16-/m0/s1. The van der Waals surface area contributed by atoms with E-state index in [9.17, 15) is 13.2 Å². The van der Waals surface area contributed by atoms with Gasteiger partial charge in [-0.25, -0.2) is 8.42 Å². The summed E-state index contributed by atoms with van der Waals surface area (Å²) in [5.74, 6) is 0.258. The molecule has 0 saturated carbocycles. The second kappa shape index (κ2) is 7.21. The first-order chi connectivity index (χ1) is 11.8. The van der Waals surface area contributed by atoms with Crippen molar-refractivity contribution in [1.82, 2.24) is 10.2 Å². The number of anilines is 1. The number of sulfonamides is 1. The predicted molar refractivity (Wildman–Crippen MR) is 96.3 cm³/mol. The lowest BCUT2D eigenvalue weighted by atomic mass is 10.0. The fourth-order valence-corrected chi connectivity index (χ4v) is 4.25. The fraction of sp³-hybridized carbons (Fsp3) is 0.588. The van der Waals surface area contributed by atoms with Crippen molar-refractivity contribution in [2.45, 2.75) is 31.4 Å². The number of carbonyl (C=O) groups excluding carboxylic acids is 1. The third-order valence-corrected chi connectivity index (χ3v) is 5.94. The van der Waals surface area contributed by atoms with E-state index in [1.165, 1.54) is 10.6 Å². The van der Waals surface area contributed by atoms with Crippen LogP contribution in [-0.4, -0.2) is 64.3 Å². The summed E-state index contributed by atoms with van der Waals surface area (Å²) in [7, 11) is -1.36. The molecule has 2 aliphatic heterocycles. The molecule has 138 valence electrons. The number of nitrogens with zero attached hydrogens (tertiary/aromatic N) is 2. The van der Waals surface area contributed by atoms with Crippen LogP contribution in [0.2, 0.25) is 0 Å². The van der Waals surface area contributed by atoms with Crippen LogP contribution in [0, 0.1) is 0 Å². The molecular formula is C17H25N3O4S. The molecular weight excluding hydrogens is 342 g/mol. The van der Waals surface area contributed by atoms with E-state index in [0.29, 0.717) is 17.9 Å². The summed E-state index contributed by atoms with van der Waals surface area (Å²) in [6.07, 6.45) is 2.64. The summed E-state index contributed by atoms with van der Waals surface area (Å²) in [5.41, 5.74) is 0.486.